The molecule has 0 bridgehead atoms. The van der Waals surface area contributed by atoms with E-state index in [4.69, 9.17) is 0 Å². The zero-order valence-electron chi connectivity index (χ0n) is 11.1. The van der Waals surface area contributed by atoms with Crippen LogP contribution in [0.5, 0.6) is 0 Å². The second kappa shape index (κ2) is 6.16. The molecule has 1 N–H and O–H groups in total. The highest BCUT2D eigenvalue weighted by Crippen LogP contribution is 2.23. The lowest BCUT2D eigenvalue weighted by Crippen LogP contribution is -2.49. The van der Waals surface area contributed by atoms with E-state index in [1.54, 1.807) is 0 Å². The van der Waals surface area contributed by atoms with Crippen molar-refractivity contribution < 1.29 is 13.5 Å². The molecule has 17 heavy (non-hydrogen) atoms. The Balaban J connectivity index is 2.57. The second-order valence-electron chi connectivity index (χ2n) is 5.51. The lowest BCUT2D eigenvalue weighted by Gasteiger charge is -2.41. The minimum atomic E-state index is -2.90. The van der Waals surface area contributed by atoms with Gasteiger partial charge in [-0.05, 0) is 25.7 Å². The number of hydrogen-bond donors (Lipinski definition) is 1. The van der Waals surface area contributed by atoms with Crippen molar-refractivity contribution in [3.05, 3.63) is 0 Å². The summed E-state index contributed by atoms with van der Waals surface area (Å²) in [7, 11) is -2.90. The molecule has 0 aromatic carbocycles. The highest BCUT2D eigenvalue weighted by Gasteiger charge is 2.28. The minimum absolute atomic E-state index is 0.125. The second-order valence-corrected chi connectivity index (χ2v) is 7.70. The molecule has 1 aliphatic rings. The first-order chi connectivity index (χ1) is 7.83. The molecule has 4 nitrogen and oxygen atoms in total. The van der Waals surface area contributed by atoms with Crippen molar-refractivity contribution in [2.24, 2.45) is 5.92 Å². The van der Waals surface area contributed by atoms with E-state index in [1.807, 2.05) is 6.92 Å². The summed E-state index contributed by atoms with van der Waals surface area (Å²) in [6.45, 7) is 5.07. The molecule has 0 aromatic rings. The molecule has 1 fully saturated rings. The van der Waals surface area contributed by atoms with E-state index >= 15 is 0 Å². The van der Waals surface area contributed by atoms with Crippen LogP contribution in [0.1, 0.15) is 33.1 Å². The first-order valence-electron chi connectivity index (χ1n) is 6.38. The summed E-state index contributed by atoms with van der Waals surface area (Å²) in [5, 5.41) is 9.36. The van der Waals surface area contributed by atoms with Crippen molar-refractivity contribution in [2.75, 3.05) is 25.2 Å². The predicted octanol–water partition coefficient (Wildman–Crippen LogP) is 0.902. The van der Waals surface area contributed by atoms with Gasteiger partial charge >= 0.3 is 0 Å². The van der Waals surface area contributed by atoms with Gasteiger partial charge in [0, 0.05) is 24.9 Å². The first kappa shape index (κ1) is 14.9. The van der Waals surface area contributed by atoms with Crippen molar-refractivity contribution in [1.82, 2.24) is 4.90 Å². The van der Waals surface area contributed by atoms with Crippen molar-refractivity contribution in [3.63, 3.8) is 0 Å². The molecule has 0 amide bonds. The molecular formula is C12H25NO3S. The summed E-state index contributed by atoms with van der Waals surface area (Å²) < 4.78 is 22.5. The molecule has 0 radical (unpaired) electrons. The number of hydrogen-bond acceptors (Lipinski definition) is 4. The summed E-state index contributed by atoms with van der Waals surface area (Å²) in [5.41, 5.74) is 0. The SMILES string of the molecule is CC(CN1C(C)CCCC1CO)CS(C)(=O)=O. The normalized spacial score (nSPS) is 29.2. The average molecular weight is 263 g/mol. The Labute approximate surface area is 105 Å². The van der Waals surface area contributed by atoms with Gasteiger partial charge in [0.1, 0.15) is 9.84 Å². The molecule has 102 valence electrons. The Bertz CT molecular complexity index is 329. The number of rotatable bonds is 5. The number of aliphatic hydroxyl groups excluding tert-OH is 1. The number of sulfone groups is 1. The fourth-order valence-corrected chi connectivity index (χ4v) is 3.93. The Kier molecular flexibility index (Phi) is 5.41. The van der Waals surface area contributed by atoms with Crippen LogP contribution in [-0.4, -0.2) is 55.7 Å². The van der Waals surface area contributed by atoms with E-state index in [0.717, 1.165) is 25.8 Å². The van der Waals surface area contributed by atoms with Crippen molar-refractivity contribution in [1.29, 1.82) is 0 Å². The van der Waals surface area contributed by atoms with Crippen molar-refractivity contribution in [3.8, 4) is 0 Å². The van der Waals surface area contributed by atoms with Gasteiger partial charge in [0.05, 0.1) is 12.4 Å². The van der Waals surface area contributed by atoms with Crippen LogP contribution >= 0.6 is 0 Å². The van der Waals surface area contributed by atoms with Gasteiger partial charge in [-0.1, -0.05) is 13.3 Å². The summed E-state index contributed by atoms with van der Waals surface area (Å²) in [6, 6.07) is 0.656. The van der Waals surface area contributed by atoms with Crippen LogP contribution < -0.4 is 0 Å². The van der Waals surface area contributed by atoms with Crippen LogP contribution in [-0.2, 0) is 9.84 Å². The number of piperidine rings is 1. The smallest absolute Gasteiger partial charge is 0.147 e. The summed E-state index contributed by atoms with van der Waals surface area (Å²) >= 11 is 0. The molecule has 5 heteroatoms. The average Bonchev–Trinajstić information content (AvgIpc) is 2.18. The van der Waals surface area contributed by atoms with Crippen LogP contribution in [0, 0.1) is 5.92 Å². The van der Waals surface area contributed by atoms with Gasteiger partial charge in [-0.25, -0.2) is 8.42 Å². The van der Waals surface area contributed by atoms with Crippen LogP contribution in [0.2, 0.25) is 0 Å². The van der Waals surface area contributed by atoms with Gasteiger partial charge in [0.25, 0.3) is 0 Å². The van der Waals surface area contributed by atoms with Crippen molar-refractivity contribution >= 4 is 9.84 Å². The van der Waals surface area contributed by atoms with E-state index in [1.165, 1.54) is 6.26 Å². The Morgan fingerprint density at radius 2 is 2.06 bits per heavy atom. The molecule has 0 aliphatic carbocycles. The minimum Gasteiger partial charge on any atom is -0.395 e. The maximum atomic E-state index is 11.2. The van der Waals surface area contributed by atoms with E-state index < -0.39 is 9.84 Å². The molecule has 0 saturated carbocycles. The third kappa shape index (κ3) is 4.94. The zero-order valence-corrected chi connectivity index (χ0v) is 11.9. The van der Waals surface area contributed by atoms with Gasteiger partial charge < -0.3 is 5.11 Å². The topological polar surface area (TPSA) is 57.6 Å². The lowest BCUT2D eigenvalue weighted by atomic mass is 9.95. The third-order valence-corrected chi connectivity index (χ3v) is 4.69. The predicted molar refractivity (Wildman–Crippen MR) is 69.8 cm³/mol. The fourth-order valence-electron chi connectivity index (χ4n) is 2.80. The molecule has 0 aromatic heterocycles. The Morgan fingerprint density at radius 3 is 2.59 bits per heavy atom. The van der Waals surface area contributed by atoms with Gasteiger partial charge in [0.2, 0.25) is 0 Å². The first-order valence-corrected chi connectivity index (χ1v) is 8.44. The van der Waals surface area contributed by atoms with Gasteiger partial charge in [-0.2, -0.15) is 0 Å². The van der Waals surface area contributed by atoms with Crippen LogP contribution in [0.25, 0.3) is 0 Å². The van der Waals surface area contributed by atoms with Gasteiger partial charge in [-0.15, -0.1) is 0 Å². The largest absolute Gasteiger partial charge is 0.395 e. The van der Waals surface area contributed by atoms with Crippen LogP contribution in [0.4, 0.5) is 0 Å². The van der Waals surface area contributed by atoms with E-state index in [9.17, 15) is 13.5 Å². The number of nitrogens with zero attached hydrogens (tertiary/aromatic N) is 1. The maximum absolute atomic E-state index is 11.2. The highest BCUT2D eigenvalue weighted by molar-refractivity contribution is 7.90. The Morgan fingerprint density at radius 1 is 1.41 bits per heavy atom. The molecular weight excluding hydrogens is 238 g/mol. The molecule has 1 rings (SSSR count). The van der Waals surface area contributed by atoms with Crippen LogP contribution in [0.3, 0.4) is 0 Å². The van der Waals surface area contributed by atoms with Crippen LogP contribution in [0.15, 0.2) is 0 Å². The third-order valence-electron chi connectivity index (χ3n) is 3.51. The fraction of sp³-hybridized carbons (Fsp3) is 1.00. The maximum Gasteiger partial charge on any atom is 0.147 e. The highest BCUT2D eigenvalue weighted by atomic mass is 32.2. The van der Waals surface area contributed by atoms with E-state index in [0.29, 0.717) is 6.04 Å². The van der Waals surface area contributed by atoms with Crippen molar-refractivity contribution in [2.45, 2.75) is 45.2 Å². The standard InChI is InChI=1S/C12H25NO3S/c1-10(9-17(3,15)16)7-13-11(2)5-4-6-12(13)8-14/h10-12,14H,4-9H2,1-3H3. The van der Waals surface area contributed by atoms with Gasteiger partial charge in [0.15, 0.2) is 0 Å². The monoisotopic (exact) mass is 263 g/mol. The number of aliphatic hydroxyl groups is 1. The van der Waals surface area contributed by atoms with E-state index in [2.05, 4.69) is 11.8 Å². The molecule has 3 unspecified atom stereocenters. The molecule has 0 spiro atoms. The lowest BCUT2D eigenvalue weighted by molar-refractivity contribution is 0.0428. The quantitative estimate of drug-likeness (QED) is 0.801. The molecule has 1 heterocycles. The van der Waals surface area contributed by atoms with Gasteiger partial charge in [-0.3, -0.25) is 4.90 Å². The summed E-state index contributed by atoms with van der Waals surface area (Å²) in [4.78, 5) is 2.28. The number of likely N-dealkylation sites (tertiary alicyclic amines) is 1. The molecule has 1 saturated heterocycles. The summed E-state index contributed by atoms with van der Waals surface area (Å²) in [6.07, 6.45) is 4.60. The zero-order chi connectivity index (χ0) is 13.1. The molecule has 1 aliphatic heterocycles. The van der Waals surface area contributed by atoms with E-state index in [-0.39, 0.29) is 24.3 Å². The Hall–Kier alpha value is -0.130. The molecule has 3 atom stereocenters. The summed E-state index contributed by atoms with van der Waals surface area (Å²) in [5.74, 6) is 0.355.